The van der Waals surface area contributed by atoms with E-state index in [1.807, 2.05) is 0 Å². The minimum atomic E-state index is -0.329. The number of hydrogen-bond acceptors (Lipinski definition) is 3. The number of rotatable bonds is 4. The summed E-state index contributed by atoms with van der Waals surface area (Å²) in [6.07, 6.45) is 5.50. The molecule has 4 rings (SSSR count). The number of benzene rings is 1. The molecule has 2 aliphatic carbocycles. The molecule has 2 N–H and O–H groups in total. The molecule has 1 heterocycles. The van der Waals surface area contributed by atoms with Crippen LogP contribution < -0.4 is 5.32 Å². The standard InChI is InChI=1S/C17H22FNO2/c18-14-3-2-11(8-12(14)10-20)9-19-15-13-4-7-21-16(13)17(15)5-1-6-17/h2-3,8,13,15-16,19-20H,1,4-7,9-10H2/t13-,15+,16+/m0/s1. The molecule has 4 heteroatoms. The van der Waals surface area contributed by atoms with Gasteiger partial charge < -0.3 is 15.2 Å². The van der Waals surface area contributed by atoms with Gasteiger partial charge in [0.05, 0.1) is 12.7 Å². The van der Waals surface area contributed by atoms with Crippen LogP contribution in [0.3, 0.4) is 0 Å². The van der Waals surface area contributed by atoms with Crippen LogP contribution in [-0.2, 0) is 17.9 Å². The predicted molar refractivity (Wildman–Crippen MR) is 77.1 cm³/mol. The van der Waals surface area contributed by atoms with Gasteiger partial charge in [0.2, 0.25) is 0 Å². The zero-order valence-electron chi connectivity index (χ0n) is 12.1. The second-order valence-electron chi connectivity index (χ2n) is 6.77. The molecule has 1 aromatic carbocycles. The Labute approximate surface area is 124 Å². The maximum atomic E-state index is 13.4. The Morgan fingerprint density at radius 2 is 2.24 bits per heavy atom. The first kappa shape index (κ1) is 13.7. The Hall–Kier alpha value is -0.970. The van der Waals surface area contributed by atoms with E-state index in [0.29, 0.717) is 29.0 Å². The second kappa shape index (κ2) is 5.04. The van der Waals surface area contributed by atoms with E-state index < -0.39 is 0 Å². The molecule has 1 saturated heterocycles. The molecule has 2 saturated carbocycles. The van der Waals surface area contributed by atoms with Gasteiger partial charge in [-0.3, -0.25) is 0 Å². The zero-order chi connectivity index (χ0) is 14.4. The van der Waals surface area contributed by atoms with Crippen LogP contribution >= 0.6 is 0 Å². The molecule has 0 bridgehead atoms. The predicted octanol–water partition coefficient (Wildman–Crippen LogP) is 2.37. The van der Waals surface area contributed by atoms with E-state index in [0.717, 1.165) is 25.1 Å². The highest BCUT2D eigenvalue weighted by Gasteiger charge is 2.66. The third-order valence-electron chi connectivity index (χ3n) is 5.84. The van der Waals surface area contributed by atoms with Crippen LogP contribution in [0.15, 0.2) is 18.2 Å². The van der Waals surface area contributed by atoms with Crippen molar-refractivity contribution >= 4 is 0 Å². The summed E-state index contributed by atoms with van der Waals surface area (Å²) in [4.78, 5) is 0. The molecule has 0 radical (unpaired) electrons. The number of aliphatic hydroxyl groups excluding tert-OH is 1. The Morgan fingerprint density at radius 1 is 1.38 bits per heavy atom. The molecule has 0 amide bonds. The molecule has 21 heavy (non-hydrogen) atoms. The van der Waals surface area contributed by atoms with Crippen molar-refractivity contribution in [2.75, 3.05) is 6.61 Å². The highest BCUT2D eigenvalue weighted by molar-refractivity contribution is 5.25. The Bertz CT molecular complexity index is 544. The lowest BCUT2D eigenvalue weighted by molar-refractivity contribution is -0.176. The highest BCUT2D eigenvalue weighted by Crippen LogP contribution is 2.62. The number of nitrogens with one attached hydrogen (secondary N) is 1. The minimum Gasteiger partial charge on any atom is -0.392 e. The summed E-state index contributed by atoms with van der Waals surface area (Å²) in [5, 5.41) is 12.8. The van der Waals surface area contributed by atoms with Gasteiger partial charge in [-0.2, -0.15) is 0 Å². The van der Waals surface area contributed by atoms with E-state index in [2.05, 4.69) is 5.32 Å². The van der Waals surface area contributed by atoms with Crippen molar-refractivity contribution in [1.82, 2.24) is 5.32 Å². The molecule has 0 aromatic heterocycles. The lowest BCUT2D eigenvalue weighted by atomic mass is 9.46. The Kier molecular flexibility index (Phi) is 3.28. The summed E-state index contributed by atoms with van der Waals surface area (Å²) >= 11 is 0. The van der Waals surface area contributed by atoms with Gasteiger partial charge in [0.1, 0.15) is 5.82 Å². The van der Waals surface area contributed by atoms with Crippen LogP contribution in [0.5, 0.6) is 0 Å². The quantitative estimate of drug-likeness (QED) is 0.895. The first-order valence-corrected chi connectivity index (χ1v) is 7.98. The summed E-state index contributed by atoms with van der Waals surface area (Å²) in [6.45, 7) is 1.40. The van der Waals surface area contributed by atoms with Crippen LogP contribution in [0.1, 0.15) is 36.8 Å². The van der Waals surface area contributed by atoms with Gasteiger partial charge in [-0.15, -0.1) is 0 Å². The van der Waals surface area contributed by atoms with Crippen LogP contribution in [0, 0.1) is 17.2 Å². The van der Waals surface area contributed by atoms with Crippen LogP contribution in [0.4, 0.5) is 4.39 Å². The fourth-order valence-electron chi connectivity index (χ4n) is 4.65. The monoisotopic (exact) mass is 291 g/mol. The fraction of sp³-hybridized carbons (Fsp3) is 0.647. The van der Waals surface area contributed by atoms with E-state index in [1.165, 1.54) is 25.3 Å². The number of hydrogen-bond donors (Lipinski definition) is 2. The lowest BCUT2D eigenvalue weighted by Gasteiger charge is -2.63. The first-order valence-electron chi connectivity index (χ1n) is 7.98. The minimum absolute atomic E-state index is 0.244. The average Bonchev–Trinajstić information content (AvgIpc) is 2.84. The summed E-state index contributed by atoms with van der Waals surface area (Å²) in [7, 11) is 0. The summed E-state index contributed by atoms with van der Waals surface area (Å²) in [5.74, 6) is 0.327. The molecule has 3 atom stereocenters. The van der Waals surface area contributed by atoms with Crippen molar-refractivity contribution in [1.29, 1.82) is 0 Å². The molecule has 3 aliphatic rings. The van der Waals surface area contributed by atoms with E-state index in [9.17, 15) is 4.39 Å². The topological polar surface area (TPSA) is 41.5 Å². The van der Waals surface area contributed by atoms with Gasteiger partial charge in [-0.05, 0) is 37.0 Å². The van der Waals surface area contributed by atoms with E-state index in [1.54, 1.807) is 12.1 Å². The fourth-order valence-corrected chi connectivity index (χ4v) is 4.65. The number of fused-ring (bicyclic) bond motifs is 2. The second-order valence-corrected chi connectivity index (χ2v) is 6.77. The molecule has 0 unspecified atom stereocenters. The third kappa shape index (κ3) is 1.96. The summed E-state index contributed by atoms with van der Waals surface area (Å²) < 4.78 is 19.3. The molecule has 1 spiro atoms. The molecule has 1 aromatic rings. The highest BCUT2D eigenvalue weighted by atomic mass is 19.1. The third-order valence-corrected chi connectivity index (χ3v) is 5.84. The molecule has 114 valence electrons. The normalized spacial score (nSPS) is 32.6. The van der Waals surface area contributed by atoms with Crippen molar-refractivity contribution in [2.45, 2.75) is 51.0 Å². The molecule has 3 fully saturated rings. The van der Waals surface area contributed by atoms with Crippen LogP contribution in [0.25, 0.3) is 0 Å². The van der Waals surface area contributed by atoms with Gasteiger partial charge in [-0.25, -0.2) is 4.39 Å². The van der Waals surface area contributed by atoms with Crippen molar-refractivity contribution in [2.24, 2.45) is 11.3 Å². The smallest absolute Gasteiger partial charge is 0.128 e. The van der Waals surface area contributed by atoms with E-state index in [-0.39, 0.29) is 12.4 Å². The van der Waals surface area contributed by atoms with Gasteiger partial charge >= 0.3 is 0 Å². The van der Waals surface area contributed by atoms with Crippen LogP contribution in [0.2, 0.25) is 0 Å². The maximum Gasteiger partial charge on any atom is 0.128 e. The van der Waals surface area contributed by atoms with E-state index >= 15 is 0 Å². The molecule has 1 aliphatic heterocycles. The maximum absolute atomic E-state index is 13.4. The number of ether oxygens (including phenoxy) is 1. The Morgan fingerprint density at radius 3 is 2.95 bits per heavy atom. The van der Waals surface area contributed by atoms with Crippen LogP contribution in [-0.4, -0.2) is 23.9 Å². The van der Waals surface area contributed by atoms with Crippen molar-refractivity contribution in [3.8, 4) is 0 Å². The lowest BCUT2D eigenvalue weighted by Crippen LogP contribution is -2.70. The average molecular weight is 291 g/mol. The molecular formula is C17H22FNO2. The van der Waals surface area contributed by atoms with Gasteiger partial charge in [0.15, 0.2) is 0 Å². The summed E-state index contributed by atoms with van der Waals surface area (Å²) in [5.41, 5.74) is 1.79. The SMILES string of the molecule is OCc1cc(CN[C@@H]2[C@@H]3CCO[C@H]3C23CCC3)ccc1F. The Balaban J connectivity index is 1.45. The van der Waals surface area contributed by atoms with Gasteiger partial charge in [0, 0.05) is 36.1 Å². The van der Waals surface area contributed by atoms with Crippen molar-refractivity contribution < 1.29 is 14.2 Å². The first-order chi connectivity index (χ1) is 10.2. The van der Waals surface area contributed by atoms with Gasteiger partial charge in [0.25, 0.3) is 0 Å². The molecule has 3 nitrogen and oxygen atoms in total. The largest absolute Gasteiger partial charge is 0.392 e. The summed E-state index contributed by atoms with van der Waals surface area (Å²) in [6, 6.07) is 5.55. The van der Waals surface area contributed by atoms with Gasteiger partial charge in [-0.1, -0.05) is 12.5 Å². The van der Waals surface area contributed by atoms with E-state index in [4.69, 9.17) is 9.84 Å². The van der Waals surface area contributed by atoms with Crippen molar-refractivity contribution in [3.63, 3.8) is 0 Å². The number of halogens is 1. The number of aliphatic hydroxyl groups is 1. The van der Waals surface area contributed by atoms with Crippen molar-refractivity contribution in [3.05, 3.63) is 35.1 Å². The zero-order valence-corrected chi connectivity index (χ0v) is 12.1. The molecular weight excluding hydrogens is 269 g/mol.